The minimum atomic E-state index is 0.272. The normalized spacial score (nSPS) is 22.2. The lowest BCUT2D eigenvalue weighted by atomic mass is 10.1. The van der Waals surface area contributed by atoms with E-state index in [1.807, 2.05) is 0 Å². The minimum Gasteiger partial charge on any atom is -0.379 e. The van der Waals surface area contributed by atoms with E-state index in [9.17, 15) is 4.79 Å². The van der Waals surface area contributed by atoms with E-state index in [0.717, 1.165) is 26.3 Å². The maximum absolute atomic E-state index is 10.8. The molecule has 1 aliphatic rings. The third kappa shape index (κ3) is 2.91. The van der Waals surface area contributed by atoms with Crippen LogP contribution in [0, 0.1) is 0 Å². The number of carbonyl (C=O) groups is 1. The number of hydrogen-bond acceptors (Lipinski definition) is 3. The lowest BCUT2D eigenvalue weighted by molar-refractivity contribution is -0.118. The summed E-state index contributed by atoms with van der Waals surface area (Å²) in [5.74, 6) is 0.272. The number of rotatable bonds is 3. The SMILES string of the molecule is CC(=O)CC(C)N1CCOCC1. The van der Waals surface area contributed by atoms with Crippen molar-refractivity contribution in [2.24, 2.45) is 0 Å². The van der Waals surface area contributed by atoms with E-state index >= 15 is 0 Å². The summed E-state index contributed by atoms with van der Waals surface area (Å²) in [5.41, 5.74) is 0. The summed E-state index contributed by atoms with van der Waals surface area (Å²) in [6.45, 7) is 7.30. The van der Waals surface area contributed by atoms with E-state index in [2.05, 4.69) is 11.8 Å². The van der Waals surface area contributed by atoms with Crippen molar-refractivity contribution >= 4 is 5.78 Å². The summed E-state index contributed by atoms with van der Waals surface area (Å²) in [6, 6.07) is 0.381. The highest BCUT2D eigenvalue weighted by atomic mass is 16.5. The molecule has 3 heteroatoms. The predicted octanol–water partition coefficient (Wildman–Crippen LogP) is 0.686. The summed E-state index contributed by atoms with van der Waals surface area (Å²) in [6.07, 6.45) is 0.667. The van der Waals surface area contributed by atoms with Gasteiger partial charge in [0.05, 0.1) is 13.2 Å². The second-order valence-corrected chi connectivity index (χ2v) is 3.40. The van der Waals surface area contributed by atoms with E-state index in [4.69, 9.17) is 4.74 Å². The molecule has 0 N–H and O–H groups in total. The molecule has 0 aromatic carbocycles. The smallest absolute Gasteiger partial charge is 0.131 e. The van der Waals surface area contributed by atoms with Crippen LogP contribution in [0.1, 0.15) is 20.3 Å². The molecule has 1 heterocycles. The third-order valence-electron chi connectivity index (χ3n) is 2.25. The first-order chi connectivity index (χ1) is 5.70. The molecular weight excluding hydrogens is 154 g/mol. The van der Waals surface area contributed by atoms with Gasteiger partial charge in [0.2, 0.25) is 0 Å². The number of Topliss-reactive ketones (excluding diaryl/α,β-unsaturated/α-hetero) is 1. The van der Waals surface area contributed by atoms with E-state index in [-0.39, 0.29) is 5.78 Å². The Balaban J connectivity index is 2.29. The average Bonchev–Trinajstić information content (AvgIpc) is 2.05. The highest BCUT2D eigenvalue weighted by Crippen LogP contribution is 2.06. The molecule has 3 nitrogen and oxygen atoms in total. The van der Waals surface area contributed by atoms with Crippen LogP contribution in [0.15, 0.2) is 0 Å². The standard InChI is InChI=1S/C9H17NO2/c1-8(7-9(2)11)10-3-5-12-6-4-10/h8H,3-7H2,1-2H3. The van der Waals surface area contributed by atoms with Crippen LogP contribution in [0.25, 0.3) is 0 Å². The Morgan fingerprint density at radius 1 is 1.50 bits per heavy atom. The second kappa shape index (κ2) is 4.58. The Kier molecular flexibility index (Phi) is 3.69. The summed E-state index contributed by atoms with van der Waals surface area (Å²) in [7, 11) is 0. The van der Waals surface area contributed by atoms with Crippen molar-refractivity contribution < 1.29 is 9.53 Å². The van der Waals surface area contributed by atoms with Gasteiger partial charge in [-0.25, -0.2) is 0 Å². The first kappa shape index (κ1) is 9.68. The van der Waals surface area contributed by atoms with Gasteiger partial charge in [-0.15, -0.1) is 0 Å². The van der Waals surface area contributed by atoms with Gasteiger partial charge >= 0.3 is 0 Å². The number of hydrogen-bond donors (Lipinski definition) is 0. The molecule has 1 fully saturated rings. The van der Waals surface area contributed by atoms with Crippen LogP contribution in [0.2, 0.25) is 0 Å². The van der Waals surface area contributed by atoms with Crippen LogP contribution < -0.4 is 0 Å². The quantitative estimate of drug-likeness (QED) is 0.625. The number of ketones is 1. The van der Waals surface area contributed by atoms with Crippen LogP contribution in [-0.2, 0) is 9.53 Å². The third-order valence-corrected chi connectivity index (χ3v) is 2.25. The fourth-order valence-electron chi connectivity index (χ4n) is 1.56. The summed E-state index contributed by atoms with van der Waals surface area (Å²) < 4.78 is 5.23. The zero-order valence-electron chi connectivity index (χ0n) is 7.88. The van der Waals surface area contributed by atoms with Crippen molar-refractivity contribution in [3.8, 4) is 0 Å². The summed E-state index contributed by atoms with van der Waals surface area (Å²) in [4.78, 5) is 13.1. The number of morpholine rings is 1. The average molecular weight is 171 g/mol. The zero-order chi connectivity index (χ0) is 8.97. The van der Waals surface area contributed by atoms with Gasteiger partial charge in [-0.05, 0) is 13.8 Å². The predicted molar refractivity (Wildman–Crippen MR) is 47.2 cm³/mol. The van der Waals surface area contributed by atoms with Crippen LogP contribution in [0.4, 0.5) is 0 Å². The van der Waals surface area contributed by atoms with Crippen molar-refractivity contribution in [3.63, 3.8) is 0 Å². The second-order valence-electron chi connectivity index (χ2n) is 3.40. The first-order valence-corrected chi connectivity index (χ1v) is 4.51. The van der Waals surface area contributed by atoms with E-state index in [0.29, 0.717) is 12.5 Å². The van der Waals surface area contributed by atoms with Crippen LogP contribution in [-0.4, -0.2) is 43.0 Å². The molecule has 0 saturated carbocycles. The summed E-state index contributed by atoms with van der Waals surface area (Å²) in [5, 5.41) is 0. The molecule has 0 aromatic heterocycles. The van der Waals surface area contributed by atoms with E-state index in [1.54, 1.807) is 6.92 Å². The molecule has 0 amide bonds. The number of carbonyl (C=O) groups excluding carboxylic acids is 1. The lowest BCUT2D eigenvalue weighted by Gasteiger charge is -2.31. The Morgan fingerprint density at radius 2 is 2.08 bits per heavy atom. The lowest BCUT2D eigenvalue weighted by Crippen LogP contribution is -2.42. The fraction of sp³-hybridized carbons (Fsp3) is 0.889. The molecule has 1 saturated heterocycles. The molecule has 1 aliphatic heterocycles. The van der Waals surface area contributed by atoms with Gasteiger partial charge in [-0.2, -0.15) is 0 Å². The molecule has 70 valence electrons. The molecule has 1 atom stereocenters. The van der Waals surface area contributed by atoms with Crippen LogP contribution in [0.5, 0.6) is 0 Å². The van der Waals surface area contributed by atoms with Gasteiger partial charge in [0, 0.05) is 25.6 Å². The molecule has 0 radical (unpaired) electrons. The molecule has 1 rings (SSSR count). The van der Waals surface area contributed by atoms with Gasteiger partial charge < -0.3 is 4.74 Å². The van der Waals surface area contributed by atoms with Gasteiger partial charge in [0.15, 0.2) is 0 Å². The topological polar surface area (TPSA) is 29.5 Å². The molecule has 0 aromatic rings. The van der Waals surface area contributed by atoms with E-state index in [1.165, 1.54) is 0 Å². The Morgan fingerprint density at radius 3 is 2.58 bits per heavy atom. The maximum atomic E-state index is 10.8. The highest BCUT2D eigenvalue weighted by Gasteiger charge is 2.17. The summed E-state index contributed by atoms with van der Waals surface area (Å²) >= 11 is 0. The fourth-order valence-corrected chi connectivity index (χ4v) is 1.56. The van der Waals surface area contributed by atoms with E-state index < -0.39 is 0 Å². The molecule has 0 aliphatic carbocycles. The Hall–Kier alpha value is -0.410. The molecule has 1 unspecified atom stereocenters. The zero-order valence-corrected chi connectivity index (χ0v) is 7.88. The maximum Gasteiger partial charge on any atom is 0.131 e. The molecular formula is C9H17NO2. The molecule has 12 heavy (non-hydrogen) atoms. The van der Waals surface area contributed by atoms with Gasteiger partial charge in [-0.1, -0.05) is 0 Å². The van der Waals surface area contributed by atoms with Gasteiger partial charge in [-0.3, -0.25) is 9.69 Å². The highest BCUT2D eigenvalue weighted by molar-refractivity contribution is 5.76. The monoisotopic (exact) mass is 171 g/mol. The van der Waals surface area contributed by atoms with Crippen molar-refractivity contribution in [2.75, 3.05) is 26.3 Å². The van der Waals surface area contributed by atoms with Gasteiger partial charge in [0.25, 0.3) is 0 Å². The molecule has 0 bridgehead atoms. The number of nitrogens with zero attached hydrogens (tertiary/aromatic N) is 1. The largest absolute Gasteiger partial charge is 0.379 e. The van der Waals surface area contributed by atoms with Crippen molar-refractivity contribution in [2.45, 2.75) is 26.3 Å². The Labute approximate surface area is 73.7 Å². The van der Waals surface area contributed by atoms with Crippen molar-refractivity contribution in [1.82, 2.24) is 4.90 Å². The first-order valence-electron chi connectivity index (χ1n) is 4.51. The molecule has 0 spiro atoms. The van der Waals surface area contributed by atoms with Crippen molar-refractivity contribution in [1.29, 1.82) is 0 Å². The minimum absolute atomic E-state index is 0.272. The van der Waals surface area contributed by atoms with Crippen molar-refractivity contribution in [3.05, 3.63) is 0 Å². The number of ether oxygens (including phenoxy) is 1. The Bertz CT molecular complexity index is 153. The van der Waals surface area contributed by atoms with Crippen LogP contribution >= 0.6 is 0 Å². The van der Waals surface area contributed by atoms with Gasteiger partial charge in [0.1, 0.15) is 5.78 Å². The van der Waals surface area contributed by atoms with Crippen LogP contribution in [0.3, 0.4) is 0 Å².